The van der Waals surface area contributed by atoms with Gasteiger partial charge in [0.05, 0.1) is 24.2 Å². The van der Waals surface area contributed by atoms with Gasteiger partial charge in [0.15, 0.2) is 0 Å². The smallest absolute Gasteiger partial charge is 0.410 e. The minimum absolute atomic E-state index is 0. The van der Waals surface area contributed by atoms with Crippen LogP contribution in [0.3, 0.4) is 0 Å². The predicted octanol–water partition coefficient (Wildman–Crippen LogP) is 0.454. The van der Waals surface area contributed by atoms with Gasteiger partial charge in [-0.2, -0.15) is 0 Å². The highest BCUT2D eigenvalue weighted by Gasteiger charge is 2.39. The van der Waals surface area contributed by atoms with Gasteiger partial charge in [0.25, 0.3) is 0 Å². The van der Waals surface area contributed by atoms with Crippen molar-refractivity contribution in [1.82, 2.24) is 61.3 Å². The molecule has 2 aromatic carbocycles. The van der Waals surface area contributed by atoms with Gasteiger partial charge in [-0.1, -0.05) is 60.7 Å². The molecule has 8 heterocycles. The maximum atomic E-state index is 12.0. The van der Waals surface area contributed by atoms with Crippen LogP contribution < -0.4 is 31.9 Å². The molecule has 4 atom stereocenters. The molecular formula is C40H57ClN12O8. The molecule has 10 amide bonds. The van der Waals surface area contributed by atoms with Gasteiger partial charge in [0.1, 0.15) is 13.2 Å². The van der Waals surface area contributed by atoms with Crippen molar-refractivity contribution >= 4 is 48.7 Å². The molecule has 0 aliphatic carbocycles. The predicted molar refractivity (Wildman–Crippen MR) is 225 cm³/mol. The van der Waals surface area contributed by atoms with Gasteiger partial charge in [-0.05, 0) is 11.1 Å². The lowest BCUT2D eigenvalue weighted by atomic mass is 10.2. The van der Waals surface area contributed by atoms with E-state index in [4.69, 9.17) is 9.47 Å². The highest BCUT2D eigenvalue weighted by Crippen LogP contribution is 2.17. The van der Waals surface area contributed by atoms with Crippen LogP contribution in [0.1, 0.15) is 11.1 Å². The number of urea groups is 4. The number of amides is 10. The Labute approximate surface area is 361 Å². The summed E-state index contributed by atoms with van der Waals surface area (Å²) in [7, 11) is 0. The maximum Gasteiger partial charge on any atom is 0.410 e. The summed E-state index contributed by atoms with van der Waals surface area (Å²) < 4.78 is 10.6. The fourth-order valence-electron chi connectivity index (χ4n) is 8.20. The first-order chi connectivity index (χ1) is 29.2. The number of nitrogens with one attached hydrogen (secondary N) is 6. The normalized spacial score (nSPS) is 24.5. The molecule has 10 rings (SSSR count). The minimum atomic E-state index is -0.312. The van der Waals surface area contributed by atoms with Crippen LogP contribution in [0.2, 0.25) is 0 Å². The largest absolute Gasteiger partial charge is 0.445 e. The van der Waals surface area contributed by atoms with Crippen LogP contribution in [-0.2, 0) is 22.7 Å². The summed E-state index contributed by atoms with van der Waals surface area (Å²) in [5.74, 6) is 0. The fourth-order valence-corrected chi connectivity index (χ4v) is 8.20. The molecule has 8 fully saturated rings. The molecule has 0 bridgehead atoms. The molecule has 0 spiro atoms. The van der Waals surface area contributed by atoms with Crippen molar-refractivity contribution in [2.75, 3.05) is 105 Å². The Bertz CT molecular complexity index is 1690. The second kappa shape index (κ2) is 21.7. The van der Waals surface area contributed by atoms with Crippen molar-refractivity contribution in [1.29, 1.82) is 0 Å². The molecule has 0 aromatic heterocycles. The summed E-state index contributed by atoms with van der Waals surface area (Å²) in [6.07, 6.45) is -0.624. The Morgan fingerprint density at radius 3 is 1.18 bits per heavy atom. The highest BCUT2D eigenvalue weighted by atomic mass is 35.5. The second-order valence-corrected chi connectivity index (χ2v) is 15.5. The van der Waals surface area contributed by atoms with Gasteiger partial charge >= 0.3 is 36.3 Å². The summed E-state index contributed by atoms with van der Waals surface area (Å²) in [4.78, 5) is 79.7. The molecule has 8 aliphatic heterocycles. The molecular weight excluding hydrogens is 812 g/mol. The Hall–Kier alpha value is -5.73. The Morgan fingerprint density at radius 1 is 0.475 bits per heavy atom. The van der Waals surface area contributed by atoms with Crippen LogP contribution in [0.15, 0.2) is 60.7 Å². The van der Waals surface area contributed by atoms with Crippen molar-refractivity contribution in [2.45, 2.75) is 37.4 Å². The molecule has 332 valence electrons. The average molecular weight is 869 g/mol. The molecule has 61 heavy (non-hydrogen) atoms. The molecule has 20 nitrogen and oxygen atoms in total. The van der Waals surface area contributed by atoms with Crippen molar-refractivity contribution < 1.29 is 38.2 Å². The molecule has 0 saturated carbocycles. The van der Waals surface area contributed by atoms with E-state index in [1.165, 1.54) is 0 Å². The van der Waals surface area contributed by atoms with Gasteiger partial charge in [-0.3, -0.25) is 0 Å². The summed E-state index contributed by atoms with van der Waals surface area (Å²) in [6, 6.07) is 20.3. The lowest BCUT2D eigenvalue weighted by Crippen LogP contribution is -2.53. The molecule has 8 saturated heterocycles. The van der Waals surface area contributed by atoms with E-state index in [1.54, 1.807) is 19.6 Å². The number of carbonyl (C=O) groups excluding carboxylic acids is 6. The third-order valence-electron chi connectivity index (χ3n) is 11.6. The van der Waals surface area contributed by atoms with Crippen LogP contribution in [-0.4, -0.2) is 195 Å². The Kier molecular flexibility index (Phi) is 15.9. The van der Waals surface area contributed by atoms with E-state index in [0.717, 1.165) is 63.5 Å². The topological polar surface area (TPSA) is 212 Å². The van der Waals surface area contributed by atoms with E-state index in [1.807, 2.05) is 70.5 Å². The summed E-state index contributed by atoms with van der Waals surface area (Å²) in [6.45, 7) is 12.1. The Morgan fingerprint density at radius 2 is 0.820 bits per heavy atom. The van der Waals surface area contributed by atoms with Gasteiger partial charge in [0.2, 0.25) is 0 Å². The number of carbonyl (C=O) groups is 6. The van der Waals surface area contributed by atoms with E-state index in [9.17, 15) is 28.8 Å². The van der Waals surface area contributed by atoms with E-state index >= 15 is 0 Å². The van der Waals surface area contributed by atoms with Crippen LogP contribution in [0.4, 0.5) is 28.8 Å². The number of hydrogen-bond acceptors (Lipinski definition) is 10. The van der Waals surface area contributed by atoms with Crippen LogP contribution in [0, 0.1) is 0 Å². The first-order valence-corrected chi connectivity index (χ1v) is 20.7. The third kappa shape index (κ3) is 11.8. The van der Waals surface area contributed by atoms with Crippen molar-refractivity contribution in [3.05, 3.63) is 71.8 Å². The summed E-state index contributed by atoms with van der Waals surface area (Å²) in [5, 5.41) is 17.7. The van der Waals surface area contributed by atoms with Crippen molar-refractivity contribution in [2.24, 2.45) is 0 Å². The van der Waals surface area contributed by atoms with Gasteiger partial charge in [0, 0.05) is 105 Å². The molecule has 2 unspecified atom stereocenters. The van der Waals surface area contributed by atoms with E-state index in [2.05, 4.69) is 31.9 Å². The zero-order chi connectivity index (χ0) is 41.8. The number of rotatable bonds is 4. The van der Waals surface area contributed by atoms with Crippen LogP contribution in [0.5, 0.6) is 0 Å². The number of hydrogen-bond donors (Lipinski definition) is 6. The quantitative estimate of drug-likeness (QED) is 0.250. The van der Waals surface area contributed by atoms with Crippen LogP contribution in [0.25, 0.3) is 0 Å². The SMILES string of the molecule is Cl.O=C(OCc1ccccc1)N1CCN2C(=O)NCC2C1.O=C(OCc1ccccc1)N1CCN2C(=O)NC[C@H]2C1.O=C1NCC2CNCCN12.O=C1NC[C@H]2CNCCN12. The van der Waals surface area contributed by atoms with E-state index in [-0.39, 0.29) is 74.0 Å². The zero-order valence-corrected chi connectivity index (χ0v) is 35.0. The van der Waals surface area contributed by atoms with E-state index < -0.39 is 0 Å². The Balaban J connectivity index is 0.000000142. The average Bonchev–Trinajstić information content (AvgIpc) is 4.08. The minimum Gasteiger partial charge on any atom is -0.445 e. The summed E-state index contributed by atoms with van der Waals surface area (Å²) >= 11 is 0. The van der Waals surface area contributed by atoms with Gasteiger partial charge in [-0.15, -0.1) is 12.4 Å². The number of nitrogens with zero attached hydrogens (tertiary/aromatic N) is 6. The lowest BCUT2D eigenvalue weighted by Gasteiger charge is -2.35. The second-order valence-electron chi connectivity index (χ2n) is 15.5. The van der Waals surface area contributed by atoms with Crippen molar-refractivity contribution in [3.8, 4) is 0 Å². The third-order valence-corrected chi connectivity index (χ3v) is 11.6. The molecule has 8 aliphatic rings. The van der Waals surface area contributed by atoms with E-state index in [0.29, 0.717) is 64.4 Å². The molecule has 0 radical (unpaired) electrons. The lowest BCUT2D eigenvalue weighted by molar-refractivity contribution is 0.0679. The first kappa shape index (κ1) is 44.8. The number of halogens is 1. The molecule has 21 heteroatoms. The first-order valence-electron chi connectivity index (χ1n) is 20.7. The summed E-state index contributed by atoms with van der Waals surface area (Å²) in [5.41, 5.74) is 1.94. The number of fused-ring (bicyclic) bond motifs is 4. The highest BCUT2D eigenvalue weighted by molar-refractivity contribution is 5.85. The maximum absolute atomic E-state index is 12.0. The zero-order valence-electron chi connectivity index (χ0n) is 34.2. The monoisotopic (exact) mass is 868 g/mol. The van der Waals surface area contributed by atoms with Gasteiger partial charge in [-0.25, -0.2) is 28.8 Å². The number of piperazine rings is 4. The number of ether oxygens (including phenoxy) is 2. The van der Waals surface area contributed by atoms with Crippen molar-refractivity contribution in [3.63, 3.8) is 0 Å². The fraction of sp³-hybridized carbons (Fsp3) is 0.550. The number of benzene rings is 2. The standard InChI is InChI=1S/2C14H17N3O3.2C6H11N3O.ClH/c2*18-13-15-8-12-9-16(6-7-17(12)13)14(19)20-10-11-4-2-1-3-5-11;2*10-6-8-4-5-3-7-1-2-9(5)6;/h2*1-5,12H,6-10H2,(H,15,18);2*5,7H,1-4H2,(H,8,10);1H/t12-;;5-;;/m0.1../s1. The molecule has 2 aromatic rings. The van der Waals surface area contributed by atoms with Gasteiger partial charge < -0.3 is 70.8 Å². The molecule has 6 N–H and O–H groups in total. The van der Waals surface area contributed by atoms with Crippen LogP contribution >= 0.6 is 12.4 Å².